The Bertz CT molecular complexity index is 508. The summed E-state index contributed by atoms with van der Waals surface area (Å²) in [6.07, 6.45) is 0. The molecule has 0 saturated carbocycles. The van der Waals surface area contributed by atoms with E-state index >= 15 is 0 Å². The van der Waals surface area contributed by atoms with Gasteiger partial charge in [0.2, 0.25) is 0 Å². The van der Waals surface area contributed by atoms with Gasteiger partial charge in [-0.2, -0.15) is 0 Å². The number of hydrogen-bond donors (Lipinski definition) is 1. The highest BCUT2D eigenvalue weighted by molar-refractivity contribution is 5.98. The van der Waals surface area contributed by atoms with E-state index in [1.807, 2.05) is 20.8 Å². The highest BCUT2D eigenvalue weighted by Crippen LogP contribution is 2.25. The summed E-state index contributed by atoms with van der Waals surface area (Å²) in [5.74, 6) is -0.120. The Hall–Kier alpha value is -1.78. The maximum atomic E-state index is 12.6. The van der Waals surface area contributed by atoms with Gasteiger partial charge in [-0.15, -0.1) is 0 Å². The molecule has 0 fully saturated rings. The minimum absolute atomic E-state index is 0.304. The van der Waals surface area contributed by atoms with Crippen LogP contribution in [0, 0.1) is 20.8 Å². The van der Waals surface area contributed by atoms with Crippen molar-refractivity contribution in [1.29, 1.82) is 0 Å². The fourth-order valence-electron chi connectivity index (χ4n) is 1.99. The van der Waals surface area contributed by atoms with Crippen LogP contribution in [-0.4, -0.2) is 34.0 Å². The summed E-state index contributed by atoms with van der Waals surface area (Å²) in [4.78, 5) is 24.9. The largest absolute Gasteiger partial charge is 0.480 e. The molecule has 5 heteroatoms. The molecular formula is C14H21NO4. The number of carbonyl (C=O) groups is 2. The third-order valence-corrected chi connectivity index (χ3v) is 3.12. The molecule has 19 heavy (non-hydrogen) atoms. The van der Waals surface area contributed by atoms with Crippen molar-refractivity contribution in [2.24, 2.45) is 0 Å². The lowest BCUT2D eigenvalue weighted by Gasteiger charge is -2.34. The topological polar surface area (TPSA) is 70.8 Å². The summed E-state index contributed by atoms with van der Waals surface area (Å²) < 4.78 is 5.44. The van der Waals surface area contributed by atoms with Crippen LogP contribution in [0.5, 0.6) is 0 Å². The number of carbonyl (C=O) groups excluding carboxylic acids is 1. The molecule has 5 nitrogen and oxygen atoms in total. The molecule has 1 N–H and O–H groups in total. The van der Waals surface area contributed by atoms with E-state index in [4.69, 9.17) is 9.52 Å². The molecule has 1 aromatic heterocycles. The molecule has 0 aliphatic rings. The number of rotatable bonds is 3. The lowest BCUT2D eigenvalue weighted by atomic mass is 10.0. The lowest BCUT2D eigenvalue weighted by molar-refractivity contribution is -0.138. The van der Waals surface area contributed by atoms with E-state index in [9.17, 15) is 9.59 Å². The number of hydrogen-bond acceptors (Lipinski definition) is 3. The molecule has 0 aliphatic heterocycles. The van der Waals surface area contributed by atoms with Crippen LogP contribution in [0.15, 0.2) is 4.42 Å². The van der Waals surface area contributed by atoms with Gasteiger partial charge < -0.3 is 14.4 Å². The molecule has 0 unspecified atom stereocenters. The van der Waals surface area contributed by atoms with Gasteiger partial charge in [0.1, 0.15) is 18.1 Å². The van der Waals surface area contributed by atoms with Crippen LogP contribution in [0.4, 0.5) is 0 Å². The molecule has 0 aromatic carbocycles. The first-order chi connectivity index (χ1) is 8.55. The maximum Gasteiger partial charge on any atom is 0.323 e. The summed E-state index contributed by atoms with van der Waals surface area (Å²) in [5, 5.41) is 8.97. The average molecular weight is 267 g/mol. The predicted molar refractivity (Wildman–Crippen MR) is 71.3 cm³/mol. The number of nitrogens with zero attached hydrogens (tertiary/aromatic N) is 1. The normalized spacial score (nSPS) is 11.5. The van der Waals surface area contributed by atoms with Gasteiger partial charge in [0, 0.05) is 11.1 Å². The van der Waals surface area contributed by atoms with Crippen molar-refractivity contribution in [2.75, 3.05) is 6.54 Å². The first-order valence-electron chi connectivity index (χ1n) is 6.16. The Morgan fingerprint density at radius 2 is 1.68 bits per heavy atom. The van der Waals surface area contributed by atoms with Gasteiger partial charge in [-0.3, -0.25) is 9.59 Å². The molecule has 106 valence electrons. The highest BCUT2D eigenvalue weighted by Gasteiger charge is 2.32. The SMILES string of the molecule is Cc1oc(C)c(C(=O)N(CC(=O)O)C(C)(C)C)c1C. The van der Waals surface area contributed by atoms with Crippen LogP contribution >= 0.6 is 0 Å². The van der Waals surface area contributed by atoms with Crippen LogP contribution in [0.2, 0.25) is 0 Å². The zero-order chi connectivity index (χ0) is 15.0. The molecule has 0 atom stereocenters. The van der Waals surface area contributed by atoms with Gasteiger partial charge in [0.05, 0.1) is 5.56 Å². The van der Waals surface area contributed by atoms with Crippen LogP contribution in [-0.2, 0) is 4.79 Å². The van der Waals surface area contributed by atoms with Crippen LogP contribution in [0.3, 0.4) is 0 Å². The molecule has 1 amide bonds. The van der Waals surface area contributed by atoms with Gasteiger partial charge in [0.25, 0.3) is 5.91 Å². The minimum Gasteiger partial charge on any atom is -0.480 e. The Morgan fingerprint density at radius 3 is 2.00 bits per heavy atom. The summed E-state index contributed by atoms with van der Waals surface area (Å²) in [6.45, 7) is 10.4. The molecule has 1 aromatic rings. The van der Waals surface area contributed by atoms with Crippen molar-refractivity contribution in [3.05, 3.63) is 22.6 Å². The van der Waals surface area contributed by atoms with E-state index in [0.717, 1.165) is 5.56 Å². The summed E-state index contributed by atoms with van der Waals surface area (Å²) >= 11 is 0. The van der Waals surface area contributed by atoms with Crippen LogP contribution in [0.1, 0.15) is 48.2 Å². The van der Waals surface area contributed by atoms with Crippen molar-refractivity contribution in [3.63, 3.8) is 0 Å². The molecule has 1 rings (SSSR count). The smallest absolute Gasteiger partial charge is 0.323 e. The lowest BCUT2D eigenvalue weighted by Crippen LogP contribution is -2.48. The van der Waals surface area contributed by atoms with Crippen LogP contribution < -0.4 is 0 Å². The first-order valence-corrected chi connectivity index (χ1v) is 6.16. The zero-order valence-corrected chi connectivity index (χ0v) is 12.3. The van der Waals surface area contributed by atoms with Crippen molar-refractivity contribution in [3.8, 4) is 0 Å². The Kier molecular flexibility index (Phi) is 4.08. The van der Waals surface area contributed by atoms with E-state index in [-0.39, 0.29) is 12.5 Å². The molecule has 0 aliphatic carbocycles. The van der Waals surface area contributed by atoms with E-state index in [1.54, 1.807) is 20.8 Å². The second-order valence-corrected chi connectivity index (χ2v) is 5.67. The van der Waals surface area contributed by atoms with E-state index in [2.05, 4.69) is 0 Å². The molecule has 1 heterocycles. The number of aliphatic carboxylic acids is 1. The van der Waals surface area contributed by atoms with E-state index in [1.165, 1.54) is 4.90 Å². The fourth-order valence-corrected chi connectivity index (χ4v) is 1.99. The maximum absolute atomic E-state index is 12.6. The number of carboxylic acids is 1. The molecule has 0 radical (unpaired) electrons. The van der Waals surface area contributed by atoms with E-state index < -0.39 is 11.5 Å². The number of carboxylic acid groups (broad SMARTS) is 1. The zero-order valence-electron chi connectivity index (χ0n) is 12.3. The fraction of sp³-hybridized carbons (Fsp3) is 0.571. The van der Waals surface area contributed by atoms with Gasteiger partial charge in [-0.25, -0.2) is 0 Å². The van der Waals surface area contributed by atoms with Crippen molar-refractivity contribution < 1.29 is 19.1 Å². The van der Waals surface area contributed by atoms with Crippen molar-refractivity contribution in [2.45, 2.75) is 47.1 Å². The third kappa shape index (κ3) is 3.16. The quantitative estimate of drug-likeness (QED) is 0.913. The standard InChI is InChI=1S/C14H21NO4/c1-8-9(2)19-10(3)12(8)13(18)15(7-11(16)17)14(4,5)6/h7H2,1-6H3,(H,16,17). The molecule has 0 spiro atoms. The number of amides is 1. The Balaban J connectivity index is 3.23. The van der Waals surface area contributed by atoms with Crippen LogP contribution in [0.25, 0.3) is 0 Å². The van der Waals surface area contributed by atoms with Crippen molar-refractivity contribution in [1.82, 2.24) is 4.90 Å². The van der Waals surface area contributed by atoms with E-state index in [0.29, 0.717) is 17.1 Å². The predicted octanol–water partition coefficient (Wildman–Crippen LogP) is 2.53. The second-order valence-electron chi connectivity index (χ2n) is 5.67. The minimum atomic E-state index is -1.03. The number of furan rings is 1. The summed E-state index contributed by atoms with van der Waals surface area (Å²) in [6, 6.07) is 0. The summed E-state index contributed by atoms with van der Waals surface area (Å²) in [7, 11) is 0. The highest BCUT2D eigenvalue weighted by atomic mass is 16.4. The monoisotopic (exact) mass is 267 g/mol. The van der Waals surface area contributed by atoms with Gasteiger partial charge in [0.15, 0.2) is 0 Å². The van der Waals surface area contributed by atoms with Gasteiger partial charge in [-0.05, 0) is 41.5 Å². The first kappa shape index (κ1) is 15.3. The van der Waals surface area contributed by atoms with Gasteiger partial charge in [-0.1, -0.05) is 0 Å². The molecular weight excluding hydrogens is 246 g/mol. The number of aryl methyl sites for hydroxylation is 2. The average Bonchev–Trinajstić information content (AvgIpc) is 2.47. The molecule has 0 bridgehead atoms. The Morgan fingerprint density at radius 1 is 1.16 bits per heavy atom. The molecule has 0 saturated heterocycles. The van der Waals surface area contributed by atoms with Crippen molar-refractivity contribution >= 4 is 11.9 Å². The van der Waals surface area contributed by atoms with Gasteiger partial charge >= 0.3 is 5.97 Å². The second kappa shape index (κ2) is 5.07. The third-order valence-electron chi connectivity index (χ3n) is 3.12. The summed E-state index contributed by atoms with van der Waals surface area (Å²) in [5.41, 5.74) is 0.662. The Labute approximate surface area is 113 Å².